The molecule has 3 rings (SSSR count). The Labute approximate surface area is 110 Å². The smallest absolute Gasteiger partial charge is 0.231 e. The highest BCUT2D eigenvalue weighted by atomic mass is 16.5. The van der Waals surface area contributed by atoms with Crippen LogP contribution in [0, 0.1) is 11.3 Å². The lowest BCUT2D eigenvalue weighted by Gasteiger charge is -1.98. The van der Waals surface area contributed by atoms with Crippen molar-refractivity contribution in [2.24, 2.45) is 0 Å². The van der Waals surface area contributed by atoms with Crippen LogP contribution in [0.15, 0.2) is 28.8 Å². The molecular formula is C14H13N3O2. The SMILES string of the molecule is N#Cc1ccc(Cc2nc(C3CCOC3)no2)cc1. The van der Waals surface area contributed by atoms with E-state index in [1.54, 1.807) is 12.1 Å². The van der Waals surface area contributed by atoms with Gasteiger partial charge in [-0.2, -0.15) is 10.2 Å². The van der Waals surface area contributed by atoms with E-state index in [4.69, 9.17) is 14.5 Å². The lowest BCUT2D eigenvalue weighted by molar-refractivity contribution is 0.192. The van der Waals surface area contributed by atoms with Crippen LogP contribution in [0.2, 0.25) is 0 Å². The Morgan fingerprint density at radius 1 is 1.32 bits per heavy atom. The zero-order chi connectivity index (χ0) is 13.1. The van der Waals surface area contributed by atoms with Crippen LogP contribution in [0.3, 0.4) is 0 Å². The van der Waals surface area contributed by atoms with Gasteiger partial charge in [0.1, 0.15) is 0 Å². The van der Waals surface area contributed by atoms with E-state index < -0.39 is 0 Å². The molecule has 0 spiro atoms. The van der Waals surface area contributed by atoms with Crippen molar-refractivity contribution < 1.29 is 9.26 Å². The van der Waals surface area contributed by atoms with Crippen LogP contribution in [-0.4, -0.2) is 23.4 Å². The van der Waals surface area contributed by atoms with Crippen LogP contribution in [0.25, 0.3) is 0 Å². The Morgan fingerprint density at radius 2 is 2.16 bits per heavy atom. The molecule has 1 aliphatic heterocycles. The molecule has 0 aliphatic carbocycles. The van der Waals surface area contributed by atoms with Crippen molar-refractivity contribution in [1.82, 2.24) is 10.1 Å². The van der Waals surface area contributed by atoms with Crippen molar-refractivity contribution in [3.05, 3.63) is 47.1 Å². The van der Waals surface area contributed by atoms with Gasteiger partial charge in [0.2, 0.25) is 5.89 Å². The Balaban J connectivity index is 1.70. The predicted octanol–water partition coefficient (Wildman–Crippen LogP) is 2.04. The fraction of sp³-hybridized carbons (Fsp3) is 0.357. The van der Waals surface area contributed by atoms with E-state index >= 15 is 0 Å². The first-order chi connectivity index (χ1) is 9.35. The van der Waals surface area contributed by atoms with E-state index in [1.807, 2.05) is 12.1 Å². The molecule has 0 saturated carbocycles. The zero-order valence-corrected chi connectivity index (χ0v) is 10.4. The number of rotatable bonds is 3. The Hall–Kier alpha value is -2.19. The highest BCUT2D eigenvalue weighted by molar-refractivity contribution is 5.32. The molecule has 1 aromatic carbocycles. The van der Waals surface area contributed by atoms with Gasteiger partial charge in [0.05, 0.1) is 24.7 Å². The first kappa shape index (κ1) is 11.9. The van der Waals surface area contributed by atoms with Gasteiger partial charge in [-0.1, -0.05) is 17.3 Å². The summed E-state index contributed by atoms with van der Waals surface area (Å²) in [4.78, 5) is 4.41. The molecule has 1 saturated heterocycles. The molecule has 2 heterocycles. The highest BCUT2D eigenvalue weighted by Gasteiger charge is 2.23. The summed E-state index contributed by atoms with van der Waals surface area (Å²) < 4.78 is 10.6. The van der Waals surface area contributed by atoms with Crippen molar-refractivity contribution in [2.45, 2.75) is 18.8 Å². The Kier molecular flexibility index (Phi) is 3.25. The zero-order valence-electron chi connectivity index (χ0n) is 10.4. The molecule has 1 unspecified atom stereocenters. The third kappa shape index (κ3) is 2.64. The molecule has 1 aromatic heterocycles. The van der Waals surface area contributed by atoms with Crippen LogP contribution in [0.1, 0.15) is 35.2 Å². The van der Waals surface area contributed by atoms with E-state index in [2.05, 4.69) is 16.2 Å². The lowest BCUT2D eigenvalue weighted by Crippen LogP contribution is -2.00. The molecule has 2 aromatic rings. The number of hydrogen-bond donors (Lipinski definition) is 0. The van der Waals surface area contributed by atoms with Crippen molar-refractivity contribution in [2.75, 3.05) is 13.2 Å². The summed E-state index contributed by atoms with van der Waals surface area (Å²) in [6.07, 6.45) is 1.54. The van der Waals surface area contributed by atoms with Crippen molar-refractivity contribution in [1.29, 1.82) is 5.26 Å². The highest BCUT2D eigenvalue weighted by Crippen LogP contribution is 2.22. The quantitative estimate of drug-likeness (QED) is 0.839. The summed E-state index contributed by atoms with van der Waals surface area (Å²) in [6.45, 7) is 1.44. The van der Waals surface area contributed by atoms with E-state index in [9.17, 15) is 0 Å². The first-order valence-electron chi connectivity index (χ1n) is 6.24. The molecule has 19 heavy (non-hydrogen) atoms. The molecule has 0 amide bonds. The minimum atomic E-state index is 0.262. The molecule has 1 fully saturated rings. The number of benzene rings is 1. The van der Waals surface area contributed by atoms with Crippen LogP contribution in [0.4, 0.5) is 0 Å². The molecule has 5 heteroatoms. The third-order valence-electron chi connectivity index (χ3n) is 3.22. The topological polar surface area (TPSA) is 71.9 Å². The van der Waals surface area contributed by atoms with E-state index in [-0.39, 0.29) is 5.92 Å². The maximum atomic E-state index is 8.74. The summed E-state index contributed by atoms with van der Waals surface area (Å²) >= 11 is 0. The molecule has 0 radical (unpaired) electrons. The van der Waals surface area contributed by atoms with Gasteiger partial charge < -0.3 is 9.26 Å². The summed E-state index contributed by atoms with van der Waals surface area (Å²) in [7, 11) is 0. The van der Waals surface area contributed by atoms with Crippen LogP contribution in [-0.2, 0) is 11.2 Å². The average Bonchev–Trinajstić information content (AvgIpc) is 3.10. The standard InChI is InChI=1S/C14H13N3O2/c15-8-11-3-1-10(2-4-11)7-13-16-14(17-19-13)12-5-6-18-9-12/h1-4,12H,5-7,9H2. The molecule has 1 atom stereocenters. The second-order valence-corrected chi connectivity index (χ2v) is 4.59. The van der Waals surface area contributed by atoms with E-state index in [0.29, 0.717) is 24.5 Å². The minimum absolute atomic E-state index is 0.262. The van der Waals surface area contributed by atoms with Gasteiger partial charge in [-0.3, -0.25) is 0 Å². The van der Waals surface area contributed by atoms with Gasteiger partial charge in [-0.05, 0) is 24.1 Å². The van der Waals surface area contributed by atoms with Gasteiger partial charge in [0.25, 0.3) is 0 Å². The lowest BCUT2D eigenvalue weighted by atomic mass is 10.1. The average molecular weight is 255 g/mol. The van der Waals surface area contributed by atoms with Gasteiger partial charge in [0.15, 0.2) is 5.82 Å². The first-order valence-corrected chi connectivity index (χ1v) is 6.24. The molecule has 96 valence electrons. The Morgan fingerprint density at radius 3 is 2.84 bits per heavy atom. The number of nitriles is 1. The molecule has 0 N–H and O–H groups in total. The molecule has 0 bridgehead atoms. The Bertz CT molecular complexity index is 592. The minimum Gasteiger partial charge on any atom is -0.381 e. The monoisotopic (exact) mass is 255 g/mol. The van der Waals surface area contributed by atoms with Crippen molar-refractivity contribution in [3.63, 3.8) is 0 Å². The number of ether oxygens (including phenoxy) is 1. The molecule has 1 aliphatic rings. The number of nitrogens with zero attached hydrogens (tertiary/aromatic N) is 3. The molecule has 5 nitrogen and oxygen atoms in total. The predicted molar refractivity (Wildman–Crippen MR) is 66.4 cm³/mol. The van der Waals surface area contributed by atoms with Gasteiger partial charge >= 0.3 is 0 Å². The molecular weight excluding hydrogens is 242 g/mol. The fourth-order valence-electron chi connectivity index (χ4n) is 2.12. The number of aromatic nitrogens is 2. The summed E-state index contributed by atoms with van der Waals surface area (Å²) in [5, 5.41) is 12.7. The van der Waals surface area contributed by atoms with Gasteiger partial charge in [-0.15, -0.1) is 0 Å². The maximum Gasteiger partial charge on any atom is 0.231 e. The third-order valence-corrected chi connectivity index (χ3v) is 3.22. The van der Waals surface area contributed by atoms with E-state index in [0.717, 1.165) is 24.4 Å². The van der Waals surface area contributed by atoms with Crippen molar-refractivity contribution in [3.8, 4) is 6.07 Å². The largest absolute Gasteiger partial charge is 0.381 e. The van der Waals surface area contributed by atoms with E-state index in [1.165, 1.54) is 0 Å². The second-order valence-electron chi connectivity index (χ2n) is 4.59. The number of hydrogen-bond acceptors (Lipinski definition) is 5. The fourth-order valence-corrected chi connectivity index (χ4v) is 2.12. The summed E-state index contributed by atoms with van der Waals surface area (Å²) in [5.74, 6) is 1.60. The maximum absolute atomic E-state index is 8.74. The van der Waals surface area contributed by atoms with Gasteiger partial charge in [0, 0.05) is 12.5 Å². The van der Waals surface area contributed by atoms with Crippen LogP contribution < -0.4 is 0 Å². The van der Waals surface area contributed by atoms with Crippen molar-refractivity contribution >= 4 is 0 Å². The van der Waals surface area contributed by atoms with Crippen LogP contribution >= 0.6 is 0 Å². The van der Waals surface area contributed by atoms with Gasteiger partial charge in [-0.25, -0.2) is 0 Å². The second kappa shape index (κ2) is 5.21. The summed E-state index contributed by atoms with van der Waals surface area (Å²) in [6, 6.07) is 9.48. The normalized spacial score (nSPS) is 18.4. The summed E-state index contributed by atoms with van der Waals surface area (Å²) in [5.41, 5.74) is 1.70. The van der Waals surface area contributed by atoms with Crippen LogP contribution in [0.5, 0.6) is 0 Å².